The van der Waals surface area contributed by atoms with Crippen LogP contribution in [-0.2, 0) is 6.42 Å². The predicted octanol–water partition coefficient (Wildman–Crippen LogP) is 0.970. The lowest BCUT2D eigenvalue weighted by Gasteiger charge is -2.16. The molecule has 86 valence electrons. The molecule has 0 spiro atoms. The molecule has 1 saturated heterocycles. The third-order valence-electron chi connectivity index (χ3n) is 4.10. The van der Waals surface area contributed by atoms with Crippen LogP contribution in [0.2, 0.25) is 0 Å². The normalized spacial score (nSPS) is 29.6. The number of fused-ring (bicyclic) bond motifs is 1. The lowest BCUT2D eigenvalue weighted by atomic mass is 9.92. The molecule has 2 atom stereocenters. The molecule has 0 bridgehead atoms. The van der Waals surface area contributed by atoms with E-state index in [4.69, 9.17) is 0 Å². The number of hydrogen-bond acceptors (Lipinski definition) is 1. The predicted molar refractivity (Wildman–Crippen MR) is 65.8 cm³/mol. The Hall–Kier alpha value is -0.860. The molecule has 1 fully saturated rings. The van der Waals surface area contributed by atoms with E-state index in [0.29, 0.717) is 0 Å². The highest BCUT2D eigenvalue weighted by Gasteiger charge is 2.27. The van der Waals surface area contributed by atoms with Crippen LogP contribution >= 0.6 is 0 Å². The quantitative estimate of drug-likeness (QED) is 0.687. The maximum atomic E-state index is 4.17. The first-order chi connectivity index (χ1) is 7.75. The van der Waals surface area contributed by atoms with E-state index in [1.807, 2.05) is 0 Å². The van der Waals surface area contributed by atoms with Crippen LogP contribution in [0.15, 0.2) is 18.2 Å². The second-order valence-electron chi connectivity index (χ2n) is 5.22. The molecule has 16 heavy (non-hydrogen) atoms. The van der Waals surface area contributed by atoms with Crippen LogP contribution < -0.4 is 4.90 Å². The summed E-state index contributed by atoms with van der Waals surface area (Å²) in [5, 5.41) is 0. The van der Waals surface area contributed by atoms with E-state index in [2.05, 4.69) is 37.2 Å². The van der Waals surface area contributed by atoms with E-state index >= 15 is 0 Å². The fourth-order valence-corrected chi connectivity index (χ4v) is 3.20. The maximum Gasteiger partial charge on any atom is 0.108 e. The van der Waals surface area contributed by atoms with Crippen LogP contribution in [0.1, 0.15) is 23.5 Å². The molecule has 1 aromatic carbocycles. The van der Waals surface area contributed by atoms with Crippen molar-refractivity contribution in [2.24, 2.45) is 0 Å². The number of nitrogens with one attached hydrogen (secondary N) is 1. The monoisotopic (exact) mass is 216 g/mol. The Morgan fingerprint density at radius 3 is 3.06 bits per heavy atom. The summed E-state index contributed by atoms with van der Waals surface area (Å²) in [6, 6.07) is 6.79. The van der Waals surface area contributed by atoms with Crippen molar-refractivity contribution in [3.05, 3.63) is 36.4 Å². The molecule has 0 aromatic heterocycles. The smallest absolute Gasteiger partial charge is 0.108 e. The van der Waals surface area contributed by atoms with Crippen LogP contribution in [0.5, 0.6) is 0 Å². The highest BCUT2D eigenvalue weighted by atomic mass is 15.1. The van der Waals surface area contributed by atoms with E-state index in [0.717, 1.165) is 12.5 Å². The minimum absolute atomic E-state index is 0.755. The number of nitrogens with zero attached hydrogens (tertiary/aromatic N) is 1. The zero-order valence-corrected chi connectivity index (χ0v) is 10.00. The van der Waals surface area contributed by atoms with E-state index in [9.17, 15) is 0 Å². The Labute approximate surface area is 97.9 Å². The summed E-state index contributed by atoms with van der Waals surface area (Å²) in [7, 11) is 6.39. The lowest BCUT2D eigenvalue weighted by molar-refractivity contribution is -0.775. The summed E-state index contributed by atoms with van der Waals surface area (Å²) < 4.78 is 0. The maximum absolute atomic E-state index is 4.17. The molecule has 0 saturated carbocycles. The van der Waals surface area contributed by atoms with Gasteiger partial charge in [-0.25, -0.2) is 0 Å². The molecule has 1 N–H and O–H groups in total. The van der Waals surface area contributed by atoms with Gasteiger partial charge in [-0.15, -0.1) is 7.05 Å². The number of quaternary nitrogens is 1. The van der Waals surface area contributed by atoms with Crippen molar-refractivity contribution < 1.29 is 4.90 Å². The Bertz CT molecular complexity index is 400. The molecule has 0 amide bonds. The second-order valence-corrected chi connectivity index (χ2v) is 5.22. The molecule has 2 heteroatoms. The fourth-order valence-electron chi connectivity index (χ4n) is 3.20. The number of rotatable bonds is 1. The van der Waals surface area contributed by atoms with E-state index in [-0.39, 0.29) is 0 Å². The van der Waals surface area contributed by atoms with Crippen molar-refractivity contribution >= 4 is 5.69 Å². The van der Waals surface area contributed by atoms with Crippen molar-refractivity contribution in [1.29, 1.82) is 0 Å². The molecule has 1 aromatic rings. The van der Waals surface area contributed by atoms with Gasteiger partial charge in [0.2, 0.25) is 0 Å². The minimum Gasteiger partial charge on any atom is -0.434 e. The topological polar surface area (TPSA) is 7.68 Å². The summed E-state index contributed by atoms with van der Waals surface area (Å²) in [5.74, 6) is 0.755. The van der Waals surface area contributed by atoms with Gasteiger partial charge < -0.3 is 9.80 Å². The van der Waals surface area contributed by atoms with Gasteiger partial charge in [-0.1, -0.05) is 12.1 Å². The van der Waals surface area contributed by atoms with Crippen LogP contribution in [0.3, 0.4) is 0 Å². The molecule has 2 nitrogen and oxygen atoms in total. The Morgan fingerprint density at radius 1 is 1.44 bits per heavy atom. The zero-order valence-electron chi connectivity index (χ0n) is 10.00. The zero-order chi connectivity index (χ0) is 11.1. The summed E-state index contributed by atoms with van der Waals surface area (Å²) in [6.07, 6.45) is 2.53. The summed E-state index contributed by atoms with van der Waals surface area (Å²) in [4.78, 5) is 3.77. The first-order valence-electron chi connectivity index (χ1n) is 6.24. The Balaban J connectivity index is 1.96. The standard InChI is InChI=1S/C14H20N2/c1-15-8-6-11(10-15)12-4-3-5-14-13(12)7-9-16(14)2/h3-5,11,16H,2,6-10H2,1H3. The molecule has 0 aliphatic carbocycles. The van der Waals surface area contributed by atoms with Gasteiger partial charge in [-0.2, -0.15) is 0 Å². The first kappa shape index (κ1) is 10.3. The summed E-state index contributed by atoms with van der Waals surface area (Å²) in [5.41, 5.74) is 4.63. The van der Waals surface area contributed by atoms with Crippen molar-refractivity contribution in [2.45, 2.75) is 18.8 Å². The van der Waals surface area contributed by atoms with Crippen LogP contribution in [0.25, 0.3) is 0 Å². The van der Waals surface area contributed by atoms with Crippen molar-refractivity contribution in [2.75, 3.05) is 26.7 Å². The average molecular weight is 216 g/mol. The first-order valence-corrected chi connectivity index (χ1v) is 6.24. The third kappa shape index (κ3) is 1.57. The largest absolute Gasteiger partial charge is 0.434 e. The van der Waals surface area contributed by atoms with Crippen LogP contribution in [0.4, 0.5) is 5.69 Å². The number of benzene rings is 1. The minimum atomic E-state index is 0.755. The van der Waals surface area contributed by atoms with Crippen LogP contribution in [-0.4, -0.2) is 31.6 Å². The third-order valence-corrected chi connectivity index (χ3v) is 4.10. The van der Waals surface area contributed by atoms with Gasteiger partial charge in [-0.05, 0) is 37.6 Å². The number of likely N-dealkylation sites (tertiary alicyclic amines) is 1. The SMILES string of the molecule is [CH2-][NH+]1CCc2c(C3CCN(C)C3)cccc21. The van der Waals surface area contributed by atoms with Gasteiger partial charge in [0, 0.05) is 18.5 Å². The Morgan fingerprint density at radius 2 is 2.31 bits per heavy atom. The van der Waals surface area contributed by atoms with E-state index in [1.165, 1.54) is 36.5 Å². The van der Waals surface area contributed by atoms with Gasteiger partial charge in [0.05, 0.1) is 6.54 Å². The van der Waals surface area contributed by atoms with Gasteiger partial charge in [0.25, 0.3) is 0 Å². The second kappa shape index (κ2) is 3.86. The van der Waals surface area contributed by atoms with Gasteiger partial charge in [0.1, 0.15) is 5.69 Å². The molecule has 3 rings (SSSR count). The number of likely N-dealkylation sites (N-methyl/N-ethyl adjacent to an activating group) is 1. The summed E-state index contributed by atoms with van der Waals surface area (Å²) in [6.45, 7) is 3.63. The summed E-state index contributed by atoms with van der Waals surface area (Å²) >= 11 is 0. The van der Waals surface area contributed by atoms with Gasteiger partial charge >= 0.3 is 0 Å². The van der Waals surface area contributed by atoms with Gasteiger partial charge in [-0.3, -0.25) is 0 Å². The van der Waals surface area contributed by atoms with Crippen LogP contribution in [0, 0.1) is 7.05 Å². The van der Waals surface area contributed by atoms with Crippen molar-refractivity contribution in [3.63, 3.8) is 0 Å². The van der Waals surface area contributed by atoms with Gasteiger partial charge in [0.15, 0.2) is 0 Å². The molecular weight excluding hydrogens is 196 g/mol. The highest BCUT2D eigenvalue weighted by Crippen LogP contribution is 2.32. The Kier molecular flexibility index (Phi) is 2.49. The highest BCUT2D eigenvalue weighted by molar-refractivity contribution is 5.49. The molecular formula is C14H20N2. The van der Waals surface area contributed by atoms with Crippen molar-refractivity contribution in [3.8, 4) is 0 Å². The molecule has 2 aliphatic heterocycles. The lowest BCUT2D eigenvalue weighted by Crippen LogP contribution is -3.00. The van der Waals surface area contributed by atoms with E-state index in [1.54, 1.807) is 11.1 Å². The molecule has 0 radical (unpaired) electrons. The molecule has 2 aliphatic rings. The number of hydrogen-bond donors (Lipinski definition) is 1. The van der Waals surface area contributed by atoms with Crippen molar-refractivity contribution in [1.82, 2.24) is 4.90 Å². The fraction of sp³-hybridized carbons (Fsp3) is 0.500. The van der Waals surface area contributed by atoms with E-state index < -0.39 is 0 Å². The average Bonchev–Trinajstić information content (AvgIpc) is 2.86. The molecule has 2 heterocycles. The molecule has 2 unspecified atom stereocenters.